The van der Waals surface area contributed by atoms with Gasteiger partial charge in [-0.1, -0.05) is 0 Å². The van der Waals surface area contributed by atoms with E-state index < -0.39 is 11.9 Å². The fourth-order valence-electron chi connectivity index (χ4n) is 0.984. The van der Waals surface area contributed by atoms with Crippen LogP contribution in [0.25, 0.3) is 0 Å². The quantitative estimate of drug-likeness (QED) is 0.821. The van der Waals surface area contributed by atoms with Crippen LogP contribution in [0.15, 0.2) is 12.3 Å². The number of hydrogen-bond donors (Lipinski definition) is 1. The molecule has 84 valence electrons. The maximum absolute atomic E-state index is 12.3. The summed E-state index contributed by atoms with van der Waals surface area (Å²) in [6.45, 7) is 0.734. The van der Waals surface area contributed by atoms with Crippen LogP contribution in [0.1, 0.15) is 5.69 Å². The lowest BCUT2D eigenvalue weighted by molar-refractivity contribution is -0.141. The molecule has 1 aromatic heterocycles. The smallest absolute Gasteiger partial charge is 0.343 e. The van der Waals surface area contributed by atoms with E-state index in [1.807, 2.05) is 0 Å². The van der Waals surface area contributed by atoms with Crippen molar-refractivity contribution in [2.75, 3.05) is 25.0 Å². The van der Waals surface area contributed by atoms with Crippen LogP contribution in [0.5, 0.6) is 0 Å². The molecule has 2 N–H and O–H groups in total. The van der Waals surface area contributed by atoms with Crippen molar-refractivity contribution in [3.63, 3.8) is 0 Å². The lowest BCUT2D eigenvalue weighted by atomic mass is 10.4. The van der Waals surface area contributed by atoms with Gasteiger partial charge in [0, 0.05) is 26.3 Å². The molecule has 0 unspecified atom stereocenters. The van der Waals surface area contributed by atoms with Crippen LogP contribution in [0.3, 0.4) is 0 Å². The summed E-state index contributed by atoms with van der Waals surface area (Å²) in [6, 6.07) is 0.833. The maximum atomic E-state index is 12.3. The molecular weight excluding hydrogens is 209 g/mol. The predicted molar refractivity (Wildman–Crippen MR) is 49.4 cm³/mol. The minimum Gasteiger partial charge on any atom is -0.343 e. The zero-order valence-electron chi connectivity index (χ0n) is 8.12. The van der Waals surface area contributed by atoms with Gasteiger partial charge in [-0.15, -0.1) is 0 Å². The standard InChI is InChI=1S/C8H11F3N4/c1-15(5-3-12)7-13-4-2-6(14-7)8(9,10)11/h2,4H,3,5,12H2,1H3. The second kappa shape index (κ2) is 4.43. The average molecular weight is 220 g/mol. The molecule has 0 aliphatic heterocycles. The number of alkyl halides is 3. The Hall–Kier alpha value is -1.37. The van der Waals surface area contributed by atoms with E-state index in [4.69, 9.17) is 5.73 Å². The lowest BCUT2D eigenvalue weighted by Crippen LogP contribution is -2.27. The third kappa shape index (κ3) is 3.05. The second-order valence-electron chi connectivity index (χ2n) is 2.95. The monoisotopic (exact) mass is 220 g/mol. The van der Waals surface area contributed by atoms with Gasteiger partial charge >= 0.3 is 6.18 Å². The van der Waals surface area contributed by atoms with Crippen molar-refractivity contribution in [3.05, 3.63) is 18.0 Å². The normalized spacial score (nSPS) is 11.5. The zero-order valence-corrected chi connectivity index (χ0v) is 8.12. The molecule has 0 aliphatic carbocycles. The van der Waals surface area contributed by atoms with E-state index in [1.165, 1.54) is 4.90 Å². The number of anilines is 1. The molecule has 0 amide bonds. The number of hydrogen-bond acceptors (Lipinski definition) is 4. The van der Waals surface area contributed by atoms with Crippen LogP contribution >= 0.6 is 0 Å². The first-order chi connectivity index (χ1) is 6.95. The molecule has 0 saturated carbocycles. The minimum atomic E-state index is -4.44. The highest BCUT2D eigenvalue weighted by Gasteiger charge is 2.32. The van der Waals surface area contributed by atoms with Crippen LogP contribution in [0.4, 0.5) is 19.1 Å². The van der Waals surface area contributed by atoms with E-state index in [1.54, 1.807) is 7.05 Å². The molecule has 4 nitrogen and oxygen atoms in total. The van der Waals surface area contributed by atoms with Crippen molar-refractivity contribution in [1.29, 1.82) is 0 Å². The Balaban J connectivity index is 2.92. The molecule has 7 heteroatoms. The molecule has 0 bridgehead atoms. The number of nitrogens with two attached hydrogens (primary N) is 1. The summed E-state index contributed by atoms with van der Waals surface area (Å²) in [7, 11) is 1.59. The van der Waals surface area contributed by atoms with E-state index in [9.17, 15) is 13.2 Å². The first-order valence-electron chi connectivity index (χ1n) is 4.26. The summed E-state index contributed by atoms with van der Waals surface area (Å²) in [5.41, 5.74) is 4.32. The molecule has 1 aromatic rings. The van der Waals surface area contributed by atoms with Gasteiger partial charge in [0.2, 0.25) is 5.95 Å². The third-order valence-corrected chi connectivity index (χ3v) is 1.74. The van der Waals surface area contributed by atoms with Gasteiger partial charge in [-0.25, -0.2) is 9.97 Å². The summed E-state index contributed by atoms with van der Waals surface area (Å²) in [6.07, 6.45) is -3.36. The number of likely N-dealkylation sites (N-methyl/N-ethyl adjacent to an activating group) is 1. The average Bonchev–Trinajstić information content (AvgIpc) is 2.17. The SMILES string of the molecule is CN(CCN)c1nccc(C(F)(F)F)n1. The summed E-state index contributed by atoms with van der Waals surface area (Å²) in [4.78, 5) is 8.60. The number of aromatic nitrogens is 2. The third-order valence-electron chi connectivity index (χ3n) is 1.74. The molecule has 1 rings (SSSR count). The highest BCUT2D eigenvalue weighted by atomic mass is 19.4. The molecule has 0 aromatic carbocycles. The van der Waals surface area contributed by atoms with Crippen molar-refractivity contribution in [3.8, 4) is 0 Å². The van der Waals surface area contributed by atoms with Gasteiger partial charge in [0.15, 0.2) is 0 Å². The van der Waals surface area contributed by atoms with Crippen LogP contribution in [0, 0.1) is 0 Å². The Morgan fingerprint density at radius 2 is 2.13 bits per heavy atom. The van der Waals surface area contributed by atoms with E-state index in [2.05, 4.69) is 9.97 Å². The summed E-state index contributed by atoms with van der Waals surface area (Å²) in [5.74, 6) is 0.0234. The van der Waals surface area contributed by atoms with Gasteiger partial charge in [-0.3, -0.25) is 0 Å². The van der Waals surface area contributed by atoms with Crippen LogP contribution < -0.4 is 10.6 Å². The summed E-state index contributed by atoms with van der Waals surface area (Å²) in [5, 5.41) is 0. The number of nitrogens with zero attached hydrogens (tertiary/aromatic N) is 3. The molecule has 0 aliphatic rings. The van der Waals surface area contributed by atoms with Crippen molar-refractivity contribution in [2.45, 2.75) is 6.18 Å². The van der Waals surface area contributed by atoms with Gasteiger partial charge in [-0.05, 0) is 6.07 Å². The maximum Gasteiger partial charge on any atom is 0.433 e. The highest BCUT2D eigenvalue weighted by Crippen LogP contribution is 2.27. The molecule has 0 atom stereocenters. The van der Waals surface area contributed by atoms with Gasteiger partial charge in [-0.2, -0.15) is 13.2 Å². The van der Waals surface area contributed by atoms with E-state index in [0.29, 0.717) is 13.1 Å². The van der Waals surface area contributed by atoms with Crippen LogP contribution in [-0.4, -0.2) is 30.1 Å². The molecule has 0 saturated heterocycles. The van der Waals surface area contributed by atoms with Gasteiger partial charge in [0.25, 0.3) is 0 Å². The number of rotatable bonds is 3. The fourth-order valence-corrected chi connectivity index (χ4v) is 0.984. The van der Waals surface area contributed by atoms with Gasteiger partial charge in [0.05, 0.1) is 0 Å². The van der Waals surface area contributed by atoms with Crippen LogP contribution in [-0.2, 0) is 6.18 Å². The highest BCUT2D eigenvalue weighted by molar-refractivity contribution is 5.29. The fraction of sp³-hybridized carbons (Fsp3) is 0.500. The lowest BCUT2D eigenvalue weighted by Gasteiger charge is -2.16. The second-order valence-corrected chi connectivity index (χ2v) is 2.95. The Morgan fingerprint density at radius 1 is 1.47 bits per heavy atom. The molecule has 1 heterocycles. The Labute approximate surface area is 84.9 Å². The largest absolute Gasteiger partial charge is 0.433 e. The first kappa shape index (κ1) is 11.7. The van der Waals surface area contributed by atoms with Crippen molar-refractivity contribution >= 4 is 5.95 Å². The molecular formula is C8H11F3N4. The van der Waals surface area contributed by atoms with Crippen molar-refractivity contribution < 1.29 is 13.2 Å². The van der Waals surface area contributed by atoms with E-state index in [0.717, 1.165) is 12.3 Å². The molecule has 0 spiro atoms. The zero-order chi connectivity index (χ0) is 11.5. The molecule has 0 radical (unpaired) electrons. The van der Waals surface area contributed by atoms with Gasteiger partial charge in [0.1, 0.15) is 5.69 Å². The minimum absolute atomic E-state index is 0.0234. The van der Waals surface area contributed by atoms with Gasteiger partial charge < -0.3 is 10.6 Å². The Morgan fingerprint density at radius 3 is 2.67 bits per heavy atom. The number of halogens is 3. The first-order valence-corrected chi connectivity index (χ1v) is 4.26. The summed E-state index contributed by atoms with van der Waals surface area (Å²) >= 11 is 0. The van der Waals surface area contributed by atoms with Crippen molar-refractivity contribution in [2.24, 2.45) is 5.73 Å². The van der Waals surface area contributed by atoms with E-state index in [-0.39, 0.29) is 5.95 Å². The van der Waals surface area contributed by atoms with Crippen LogP contribution in [0.2, 0.25) is 0 Å². The molecule has 15 heavy (non-hydrogen) atoms. The Bertz CT molecular complexity index is 326. The van der Waals surface area contributed by atoms with E-state index >= 15 is 0 Å². The topological polar surface area (TPSA) is 55.0 Å². The molecule has 0 fully saturated rings. The summed E-state index contributed by atoms with van der Waals surface area (Å²) < 4.78 is 36.9. The predicted octanol–water partition coefficient (Wildman–Crippen LogP) is 0.890. The Kier molecular flexibility index (Phi) is 3.46. The van der Waals surface area contributed by atoms with Crippen molar-refractivity contribution in [1.82, 2.24) is 9.97 Å².